The Balaban J connectivity index is 2.61. The highest BCUT2D eigenvalue weighted by molar-refractivity contribution is 6.33. The van der Waals surface area contributed by atoms with Gasteiger partial charge in [-0.3, -0.25) is 4.79 Å². The van der Waals surface area contributed by atoms with Crippen LogP contribution in [0.15, 0.2) is 34.8 Å². The molecule has 110 valence electrons. The molecule has 1 amide bonds. The number of para-hydroxylation sites is 1. The van der Waals surface area contributed by atoms with Gasteiger partial charge in [0.2, 0.25) is 0 Å². The smallest absolute Gasteiger partial charge is 0.276 e. The summed E-state index contributed by atoms with van der Waals surface area (Å²) in [6.07, 6.45) is 2.26. The summed E-state index contributed by atoms with van der Waals surface area (Å²) in [5.41, 5.74) is 12.8. The molecule has 4 N–H and O–H groups in total. The van der Waals surface area contributed by atoms with E-state index in [0.29, 0.717) is 17.1 Å². The molecule has 0 spiro atoms. The number of nitrogens with two attached hydrogens (primary N) is 2. The minimum Gasteiger partial charge on any atom is -0.370 e. The maximum Gasteiger partial charge on any atom is 0.276 e. The summed E-state index contributed by atoms with van der Waals surface area (Å²) in [5, 5.41) is 1.55. The number of aryl methyl sites for hydroxylation is 1. The molecule has 0 unspecified atom stereocenters. The predicted octanol–water partition coefficient (Wildman–Crippen LogP) is 2.43. The molecule has 0 atom stereocenters. The number of nitrogens with zero attached hydrogens (tertiary/aromatic N) is 2. The number of rotatable bonds is 3. The van der Waals surface area contributed by atoms with Crippen molar-refractivity contribution in [1.29, 1.82) is 0 Å². The van der Waals surface area contributed by atoms with E-state index in [2.05, 4.69) is 4.99 Å². The van der Waals surface area contributed by atoms with Gasteiger partial charge in [0, 0.05) is 29.1 Å². The zero-order chi connectivity index (χ0) is 15.6. The Morgan fingerprint density at radius 2 is 2.05 bits per heavy atom. The number of halogens is 1. The Morgan fingerprint density at radius 3 is 2.67 bits per heavy atom. The second-order valence-corrected chi connectivity index (χ2v) is 5.00. The van der Waals surface area contributed by atoms with Crippen LogP contribution in [0, 0.1) is 0 Å². The number of hydrogen-bond donors (Lipinski definition) is 2. The summed E-state index contributed by atoms with van der Waals surface area (Å²) < 4.78 is 1.88. The van der Waals surface area contributed by atoms with Crippen molar-refractivity contribution in [2.24, 2.45) is 23.5 Å². The van der Waals surface area contributed by atoms with Crippen molar-refractivity contribution < 1.29 is 4.79 Å². The molecule has 0 aliphatic rings. The number of aliphatic imine (C=N–C) groups is 1. The second-order valence-electron chi connectivity index (χ2n) is 4.65. The number of carbonyl (C=O) groups is 1. The lowest BCUT2D eigenvalue weighted by atomic mass is 10.1. The van der Waals surface area contributed by atoms with Crippen molar-refractivity contribution in [2.75, 3.05) is 0 Å². The first-order valence-electron chi connectivity index (χ1n) is 6.53. The fourth-order valence-corrected chi connectivity index (χ4v) is 2.45. The summed E-state index contributed by atoms with van der Waals surface area (Å²) in [5.74, 6) is -0.690. The minimum absolute atomic E-state index is 0.247. The van der Waals surface area contributed by atoms with Gasteiger partial charge in [-0.15, -0.1) is 0 Å². The highest BCUT2D eigenvalue weighted by atomic mass is 35.5. The summed E-state index contributed by atoms with van der Waals surface area (Å²) in [6.45, 7) is 1.87. The van der Waals surface area contributed by atoms with Crippen LogP contribution < -0.4 is 11.5 Å². The van der Waals surface area contributed by atoms with Gasteiger partial charge in [0.05, 0.1) is 0 Å². The van der Waals surface area contributed by atoms with Gasteiger partial charge in [0.25, 0.3) is 5.91 Å². The van der Waals surface area contributed by atoms with Gasteiger partial charge in [0.15, 0.2) is 5.96 Å². The first kappa shape index (κ1) is 15.1. The fraction of sp³-hybridized carbons (Fsp3) is 0.200. The molecule has 0 radical (unpaired) electrons. The van der Waals surface area contributed by atoms with Crippen molar-refractivity contribution in [3.63, 3.8) is 0 Å². The van der Waals surface area contributed by atoms with Crippen LogP contribution in [-0.4, -0.2) is 16.4 Å². The topological polar surface area (TPSA) is 86.4 Å². The second kappa shape index (κ2) is 6.01. The molecule has 5 nitrogen and oxygen atoms in total. The molecule has 6 heteroatoms. The zero-order valence-corrected chi connectivity index (χ0v) is 12.7. The molecule has 21 heavy (non-hydrogen) atoms. The zero-order valence-electron chi connectivity index (χ0n) is 11.9. The lowest BCUT2D eigenvalue weighted by molar-refractivity contribution is -0.114. The summed E-state index contributed by atoms with van der Waals surface area (Å²) >= 11 is 6.37. The number of benzene rings is 1. The fourth-order valence-electron chi connectivity index (χ4n) is 2.21. The third kappa shape index (κ3) is 2.92. The van der Waals surface area contributed by atoms with Crippen molar-refractivity contribution in [3.05, 3.63) is 40.6 Å². The number of hydrogen-bond acceptors (Lipinski definition) is 1. The van der Waals surface area contributed by atoms with E-state index in [1.54, 1.807) is 6.08 Å². The van der Waals surface area contributed by atoms with Gasteiger partial charge in [-0.05, 0) is 18.6 Å². The number of carbonyl (C=O) groups excluding carboxylic acids is 1. The van der Waals surface area contributed by atoms with Crippen LogP contribution in [0.3, 0.4) is 0 Å². The van der Waals surface area contributed by atoms with Gasteiger partial charge < -0.3 is 16.0 Å². The molecule has 2 aromatic rings. The number of fused-ring (bicyclic) bond motifs is 1. The Kier molecular flexibility index (Phi) is 4.33. The van der Waals surface area contributed by atoms with Gasteiger partial charge >= 0.3 is 0 Å². The lowest BCUT2D eigenvalue weighted by Crippen LogP contribution is -2.24. The van der Waals surface area contributed by atoms with Crippen LogP contribution >= 0.6 is 11.6 Å². The molecule has 0 saturated heterocycles. The number of guanidine groups is 1. The van der Waals surface area contributed by atoms with E-state index < -0.39 is 5.91 Å². The first-order valence-corrected chi connectivity index (χ1v) is 6.91. The van der Waals surface area contributed by atoms with E-state index in [1.807, 2.05) is 42.8 Å². The van der Waals surface area contributed by atoms with Crippen LogP contribution in [0.2, 0.25) is 5.15 Å². The van der Waals surface area contributed by atoms with Gasteiger partial charge in [-0.25, -0.2) is 0 Å². The highest BCUT2D eigenvalue weighted by Crippen LogP contribution is 2.31. The number of amides is 1. The Morgan fingerprint density at radius 1 is 1.38 bits per heavy atom. The molecule has 0 bridgehead atoms. The molecule has 0 fully saturated rings. The third-order valence-electron chi connectivity index (χ3n) is 3.28. The molecule has 1 heterocycles. The average molecular weight is 305 g/mol. The van der Waals surface area contributed by atoms with Crippen molar-refractivity contribution in [1.82, 2.24) is 4.57 Å². The third-order valence-corrected chi connectivity index (χ3v) is 3.73. The first-order chi connectivity index (χ1) is 9.95. The molecule has 0 aliphatic carbocycles. The van der Waals surface area contributed by atoms with E-state index >= 15 is 0 Å². The van der Waals surface area contributed by atoms with Crippen molar-refractivity contribution >= 4 is 40.4 Å². The Bertz CT molecular complexity index is 754. The molecule has 1 aromatic carbocycles. The van der Waals surface area contributed by atoms with Crippen molar-refractivity contribution in [2.45, 2.75) is 13.3 Å². The highest BCUT2D eigenvalue weighted by Gasteiger charge is 2.14. The van der Waals surface area contributed by atoms with Gasteiger partial charge in [-0.2, -0.15) is 4.99 Å². The van der Waals surface area contributed by atoms with Crippen molar-refractivity contribution in [3.8, 4) is 0 Å². The molecule has 2 rings (SSSR count). The van der Waals surface area contributed by atoms with Gasteiger partial charge in [0.1, 0.15) is 5.15 Å². The summed E-state index contributed by atoms with van der Waals surface area (Å²) in [6, 6.07) is 7.81. The van der Waals surface area contributed by atoms with E-state index in [9.17, 15) is 4.79 Å². The van der Waals surface area contributed by atoms with Crippen LogP contribution in [0.1, 0.15) is 18.9 Å². The lowest BCUT2D eigenvalue weighted by Gasteiger charge is -2.01. The normalized spacial score (nSPS) is 11.7. The molecular formula is C15H17ClN4O. The minimum atomic E-state index is -0.443. The van der Waals surface area contributed by atoms with Crippen LogP contribution in [0.25, 0.3) is 17.0 Å². The van der Waals surface area contributed by atoms with E-state index in [1.165, 1.54) is 0 Å². The molecular weight excluding hydrogens is 288 g/mol. The van der Waals surface area contributed by atoms with Crippen LogP contribution in [0.5, 0.6) is 0 Å². The monoisotopic (exact) mass is 304 g/mol. The van der Waals surface area contributed by atoms with Gasteiger partial charge in [-0.1, -0.05) is 36.7 Å². The maximum atomic E-state index is 12.0. The predicted molar refractivity (Wildman–Crippen MR) is 87.0 cm³/mol. The summed E-state index contributed by atoms with van der Waals surface area (Å²) in [7, 11) is 1.88. The van der Waals surface area contributed by atoms with E-state index in [4.69, 9.17) is 23.1 Å². The Hall–Kier alpha value is -2.27. The van der Waals surface area contributed by atoms with Crippen LogP contribution in [-0.2, 0) is 11.8 Å². The number of aromatic nitrogens is 1. The average Bonchev–Trinajstić information content (AvgIpc) is 2.68. The molecule has 0 aliphatic heterocycles. The molecule has 0 saturated carbocycles. The largest absolute Gasteiger partial charge is 0.370 e. The van der Waals surface area contributed by atoms with E-state index in [-0.39, 0.29) is 5.96 Å². The molecule has 1 aromatic heterocycles. The SMILES string of the molecule is CCC(=Cc1c(Cl)n(C)c2ccccc12)C(=O)N=C(N)N. The summed E-state index contributed by atoms with van der Waals surface area (Å²) in [4.78, 5) is 15.6. The quantitative estimate of drug-likeness (QED) is 0.518. The van der Waals surface area contributed by atoms with E-state index in [0.717, 1.165) is 16.5 Å². The Labute approximate surface area is 127 Å². The standard InChI is InChI=1S/C15H17ClN4O/c1-3-9(14(21)19-15(17)18)8-11-10-6-4-5-7-12(10)20(2)13(11)16/h4-8H,3H2,1-2H3,(H4,17,18,19,21). The maximum absolute atomic E-state index is 12.0. The van der Waals surface area contributed by atoms with Crippen LogP contribution in [0.4, 0.5) is 0 Å².